The molecule has 2 heterocycles. The van der Waals surface area contributed by atoms with E-state index < -0.39 is 0 Å². The highest BCUT2D eigenvalue weighted by Crippen LogP contribution is 2.19. The van der Waals surface area contributed by atoms with Crippen LogP contribution >= 0.6 is 24.8 Å². The number of hydrogen-bond acceptors (Lipinski definition) is 5. The maximum Gasteiger partial charge on any atom is 0.249 e. The van der Waals surface area contributed by atoms with Crippen molar-refractivity contribution in [2.24, 2.45) is 5.73 Å². The van der Waals surface area contributed by atoms with Crippen LogP contribution in [0, 0.1) is 0 Å². The van der Waals surface area contributed by atoms with Gasteiger partial charge in [0.15, 0.2) is 0 Å². The first-order chi connectivity index (χ1) is 9.74. The number of carbonyl (C=O) groups excluding carboxylic acids is 1. The highest BCUT2D eigenvalue weighted by atomic mass is 35.5. The molecule has 0 bridgehead atoms. The second-order valence-corrected chi connectivity index (χ2v) is 5.63. The number of ether oxygens (including phenoxy) is 2. The van der Waals surface area contributed by atoms with Crippen molar-refractivity contribution in [1.82, 2.24) is 10.2 Å². The van der Waals surface area contributed by atoms with Crippen LogP contribution in [0.4, 0.5) is 0 Å². The van der Waals surface area contributed by atoms with Gasteiger partial charge >= 0.3 is 0 Å². The van der Waals surface area contributed by atoms with Gasteiger partial charge in [0, 0.05) is 32.8 Å². The summed E-state index contributed by atoms with van der Waals surface area (Å²) in [4.78, 5) is 14.5. The molecule has 132 valence electrons. The second kappa shape index (κ2) is 11.4. The zero-order chi connectivity index (χ0) is 14.4. The molecule has 3 atom stereocenters. The number of halogens is 2. The van der Waals surface area contributed by atoms with Gasteiger partial charge < -0.3 is 20.5 Å². The van der Waals surface area contributed by atoms with Gasteiger partial charge in [0.1, 0.15) is 6.10 Å². The lowest BCUT2D eigenvalue weighted by molar-refractivity contribution is -0.132. The van der Waals surface area contributed by atoms with Crippen LogP contribution in [-0.4, -0.2) is 69.0 Å². The SMILES string of the molecule is COCCN1CCCC1CNC(=O)[C@@H]1CC[C@H](CN)O1.Cl.Cl. The van der Waals surface area contributed by atoms with Crippen molar-refractivity contribution in [3.8, 4) is 0 Å². The van der Waals surface area contributed by atoms with Gasteiger partial charge in [0.2, 0.25) is 5.91 Å². The Hall–Kier alpha value is -0.110. The van der Waals surface area contributed by atoms with E-state index in [2.05, 4.69) is 10.2 Å². The minimum atomic E-state index is -0.308. The average molecular weight is 358 g/mol. The lowest BCUT2D eigenvalue weighted by atomic mass is 10.1. The first-order valence-electron chi connectivity index (χ1n) is 7.60. The Morgan fingerprint density at radius 2 is 2.14 bits per heavy atom. The number of rotatable bonds is 7. The Balaban J connectivity index is 0.00000220. The Bertz CT molecular complexity index is 324. The highest BCUT2D eigenvalue weighted by Gasteiger charge is 2.31. The summed E-state index contributed by atoms with van der Waals surface area (Å²) in [5.41, 5.74) is 5.56. The van der Waals surface area contributed by atoms with Crippen LogP contribution < -0.4 is 11.1 Å². The van der Waals surface area contributed by atoms with Crippen molar-refractivity contribution in [2.45, 2.75) is 43.9 Å². The summed E-state index contributed by atoms with van der Waals surface area (Å²) < 4.78 is 10.7. The molecule has 8 heteroatoms. The molecule has 0 radical (unpaired) electrons. The summed E-state index contributed by atoms with van der Waals surface area (Å²) in [7, 11) is 1.72. The Kier molecular flexibility index (Phi) is 11.4. The molecule has 0 aromatic rings. The molecule has 1 unspecified atom stereocenters. The normalized spacial score (nSPS) is 28.0. The van der Waals surface area contributed by atoms with Crippen molar-refractivity contribution in [3.05, 3.63) is 0 Å². The summed E-state index contributed by atoms with van der Waals surface area (Å²) in [6.45, 7) is 3.98. The van der Waals surface area contributed by atoms with Gasteiger partial charge in [-0.2, -0.15) is 0 Å². The summed E-state index contributed by atoms with van der Waals surface area (Å²) in [5, 5.41) is 3.03. The number of nitrogens with zero attached hydrogens (tertiary/aromatic N) is 1. The summed E-state index contributed by atoms with van der Waals surface area (Å²) in [6.07, 6.45) is 3.75. The van der Waals surface area contributed by atoms with Gasteiger partial charge in [0.25, 0.3) is 0 Å². The molecule has 0 spiro atoms. The van der Waals surface area contributed by atoms with E-state index in [0.29, 0.717) is 19.1 Å². The van der Waals surface area contributed by atoms with Gasteiger partial charge in [-0.25, -0.2) is 0 Å². The van der Waals surface area contributed by atoms with Crippen LogP contribution in [0.25, 0.3) is 0 Å². The Morgan fingerprint density at radius 3 is 2.77 bits per heavy atom. The third kappa shape index (κ3) is 6.18. The lowest BCUT2D eigenvalue weighted by Gasteiger charge is -2.24. The van der Waals surface area contributed by atoms with E-state index >= 15 is 0 Å². The molecule has 2 saturated heterocycles. The molecule has 0 aromatic heterocycles. The van der Waals surface area contributed by atoms with Crippen molar-refractivity contribution in [1.29, 1.82) is 0 Å². The van der Waals surface area contributed by atoms with E-state index in [9.17, 15) is 4.79 Å². The van der Waals surface area contributed by atoms with Gasteiger partial charge in [-0.05, 0) is 32.2 Å². The quantitative estimate of drug-likeness (QED) is 0.696. The van der Waals surface area contributed by atoms with Gasteiger partial charge in [-0.1, -0.05) is 0 Å². The van der Waals surface area contributed by atoms with E-state index in [-0.39, 0.29) is 42.9 Å². The van der Waals surface area contributed by atoms with Gasteiger partial charge in [0.05, 0.1) is 12.7 Å². The molecule has 3 N–H and O–H groups in total. The summed E-state index contributed by atoms with van der Waals surface area (Å²) in [5.74, 6) is 0.0135. The molecular weight excluding hydrogens is 329 g/mol. The maximum atomic E-state index is 12.1. The number of nitrogens with two attached hydrogens (primary N) is 1. The van der Waals surface area contributed by atoms with Crippen molar-refractivity contribution >= 4 is 30.7 Å². The second-order valence-electron chi connectivity index (χ2n) is 5.63. The number of likely N-dealkylation sites (tertiary alicyclic amines) is 1. The fourth-order valence-corrected chi connectivity index (χ4v) is 3.03. The first-order valence-corrected chi connectivity index (χ1v) is 7.60. The molecule has 2 rings (SSSR count). The minimum Gasteiger partial charge on any atom is -0.383 e. The number of amides is 1. The van der Waals surface area contributed by atoms with Crippen LogP contribution in [-0.2, 0) is 14.3 Å². The zero-order valence-electron chi connectivity index (χ0n) is 13.2. The maximum absolute atomic E-state index is 12.1. The smallest absolute Gasteiger partial charge is 0.249 e. The molecule has 2 aliphatic heterocycles. The molecule has 6 nitrogen and oxygen atoms in total. The number of hydrogen-bond donors (Lipinski definition) is 2. The molecule has 2 fully saturated rings. The standard InChI is InChI=1S/C14H27N3O3.2ClH/c1-19-8-7-17-6-2-3-11(17)10-16-14(18)13-5-4-12(9-15)20-13;;/h11-13H,2-10,15H2,1H3,(H,16,18);2*1H/t11?,12-,13+;;/m1../s1. The van der Waals surface area contributed by atoms with Crippen LogP contribution in [0.15, 0.2) is 0 Å². The van der Waals surface area contributed by atoms with Crippen LogP contribution in [0.1, 0.15) is 25.7 Å². The Morgan fingerprint density at radius 1 is 1.36 bits per heavy atom. The zero-order valence-corrected chi connectivity index (χ0v) is 14.8. The predicted molar refractivity (Wildman–Crippen MR) is 90.9 cm³/mol. The summed E-state index contributed by atoms with van der Waals surface area (Å²) >= 11 is 0. The number of methoxy groups -OCH3 is 1. The Labute approximate surface area is 145 Å². The molecule has 0 saturated carbocycles. The van der Waals surface area contributed by atoms with Gasteiger partial charge in [-0.3, -0.25) is 9.69 Å². The molecule has 2 aliphatic rings. The van der Waals surface area contributed by atoms with Crippen LogP contribution in [0.5, 0.6) is 0 Å². The number of carbonyl (C=O) groups is 1. The monoisotopic (exact) mass is 357 g/mol. The van der Waals surface area contributed by atoms with Crippen LogP contribution in [0.2, 0.25) is 0 Å². The molecule has 0 aliphatic carbocycles. The number of nitrogens with one attached hydrogen (secondary N) is 1. The molecular formula is C14H29Cl2N3O3. The van der Waals surface area contributed by atoms with Crippen molar-refractivity contribution in [3.63, 3.8) is 0 Å². The van der Waals surface area contributed by atoms with E-state index in [1.165, 1.54) is 6.42 Å². The van der Waals surface area contributed by atoms with E-state index in [4.69, 9.17) is 15.2 Å². The first kappa shape index (κ1) is 21.9. The average Bonchev–Trinajstić information content (AvgIpc) is 3.11. The fourth-order valence-electron chi connectivity index (χ4n) is 3.03. The van der Waals surface area contributed by atoms with Crippen LogP contribution in [0.3, 0.4) is 0 Å². The highest BCUT2D eigenvalue weighted by molar-refractivity contribution is 5.85. The fraction of sp³-hybridized carbons (Fsp3) is 0.929. The van der Waals surface area contributed by atoms with Crippen molar-refractivity contribution in [2.75, 3.05) is 39.9 Å². The lowest BCUT2D eigenvalue weighted by Crippen LogP contribution is -2.44. The van der Waals surface area contributed by atoms with E-state index in [1.54, 1.807) is 7.11 Å². The molecule has 22 heavy (non-hydrogen) atoms. The van der Waals surface area contributed by atoms with E-state index in [0.717, 1.165) is 39.0 Å². The third-order valence-electron chi connectivity index (χ3n) is 4.26. The molecule has 0 aromatic carbocycles. The predicted octanol–water partition coefficient (Wildman–Crippen LogP) is 0.563. The topological polar surface area (TPSA) is 76.8 Å². The molecule has 1 amide bonds. The largest absolute Gasteiger partial charge is 0.383 e. The van der Waals surface area contributed by atoms with E-state index in [1.807, 2.05) is 0 Å². The van der Waals surface area contributed by atoms with Crippen molar-refractivity contribution < 1.29 is 14.3 Å². The summed E-state index contributed by atoms with van der Waals surface area (Å²) in [6, 6.07) is 0.431. The van der Waals surface area contributed by atoms with Gasteiger partial charge in [-0.15, -0.1) is 24.8 Å². The third-order valence-corrected chi connectivity index (χ3v) is 4.26. The minimum absolute atomic E-state index is 0.